The van der Waals surface area contributed by atoms with E-state index in [0.717, 1.165) is 29.6 Å². The highest BCUT2D eigenvalue weighted by Crippen LogP contribution is 2.38. The third-order valence-corrected chi connectivity index (χ3v) is 5.45. The summed E-state index contributed by atoms with van der Waals surface area (Å²) in [5, 5.41) is 4.30. The summed E-state index contributed by atoms with van der Waals surface area (Å²) < 4.78 is 2.16. The van der Waals surface area contributed by atoms with Gasteiger partial charge in [-0.3, -0.25) is 4.98 Å². The maximum Gasteiger partial charge on any atom is 0.170 e. The van der Waals surface area contributed by atoms with E-state index in [1.165, 1.54) is 5.56 Å². The van der Waals surface area contributed by atoms with Crippen LogP contribution < -0.4 is 5.32 Å². The molecule has 28 heavy (non-hydrogen) atoms. The number of hydrogen-bond acceptors (Lipinski definition) is 3. The maximum absolute atomic E-state index is 5.71. The molecular formula is C22H25N5S. The number of thiocarbonyl (C=S) groups is 1. The van der Waals surface area contributed by atoms with Gasteiger partial charge in [0.15, 0.2) is 5.11 Å². The van der Waals surface area contributed by atoms with Crippen LogP contribution in [0, 0.1) is 0 Å². The van der Waals surface area contributed by atoms with Crippen LogP contribution in [-0.2, 0) is 0 Å². The first-order valence-corrected chi connectivity index (χ1v) is 9.90. The number of nitrogens with one attached hydrogen (secondary N) is 1. The molecule has 5 nitrogen and oxygen atoms in total. The monoisotopic (exact) mass is 391 g/mol. The molecule has 1 aliphatic rings. The zero-order valence-corrected chi connectivity index (χ0v) is 17.0. The van der Waals surface area contributed by atoms with Crippen molar-refractivity contribution in [2.75, 3.05) is 27.2 Å². The molecule has 0 unspecified atom stereocenters. The highest BCUT2D eigenvalue weighted by Gasteiger charge is 2.39. The van der Waals surface area contributed by atoms with Gasteiger partial charge >= 0.3 is 0 Å². The standard InChI is InChI=1S/C22H25N5S/c1-25(2)14-15-27-21(20(24-22(27)28)19-10-6-7-12-23-19)17-11-13-26(16-17)18-8-4-3-5-9-18/h3-13,16,20-21H,14-15H2,1-2H3,(H,24,28)/t20-,21-/m1/s1. The molecular weight excluding hydrogens is 366 g/mol. The molecule has 3 aromatic rings. The van der Waals surface area contributed by atoms with Gasteiger partial charge in [-0.15, -0.1) is 0 Å². The Bertz CT molecular complexity index is 922. The second-order valence-corrected chi connectivity index (χ2v) is 7.70. The van der Waals surface area contributed by atoms with E-state index in [1.54, 1.807) is 0 Å². The number of aromatic nitrogens is 2. The molecule has 1 aliphatic heterocycles. The van der Waals surface area contributed by atoms with Crippen molar-refractivity contribution >= 4 is 17.3 Å². The molecule has 2 atom stereocenters. The molecule has 1 N–H and O–H groups in total. The van der Waals surface area contributed by atoms with Crippen molar-refractivity contribution in [3.05, 3.63) is 84.4 Å². The number of rotatable bonds is 6. The number of nitrogens with zero attached hydrogens (tertiary/aromatic N) is 4. The fourth-order valence-electron chi connectivity index (χ4n) is 3.67. The number of likely N-dealkylation sites (N-methyl/N-ethyl adjacent to an activating group) is 1. The Morgan fingerprint density at radius 1 is 1.07 bits per heavy atom. The van der Waals surface area contributed by atoms with E-state index in [0.29, 0.717) is 0 Å². The molecule has 2 aromatic heterocycles. The number of benzene rings is 1. The maximum atomic E-state index is 5.71. The minimum atomic E-state index is 0.0301. The van der Waals surface area contributed by atoms with E-state index in [4.69, 9.17) is 12.2 Å². The summed E-state index contributed by atoms with van der Waals surface area (Å²) in [5.74, 6) is 0. The summed E-state index contributed by atoms with van der Waals surface area (Å²) in [6.07, 6.45) is 6.16. The van der Waals surface area contributed by atoms with Gasteiger partial charge in [0.2, 0.25) is 0 Å². The van der Waals surface area contributed by atoms with E-state index in [1.807, 2.05) is 24.4 Å². The minimum Gasteiger partial charge on any atom is -0.352 e. The van der Waals surface area contributed by atoms with Gasteiger partial charge in [-0.1, -0.05) is 24.3 Å². The smallest absolute Gasteiger partial charge is 0.170 e. The molecule has 1 saturated heterocycles. The molecule has 4 rings (SSSR count). The van der Waals surface area contributed by atoms with Crippen LogP contribution in [-0.4, -0.2) is 51.6 Å². The van der Waals surface area contributed by atoms with Crippen molar-refractivity contribution in [1.29, 1.82) is 0 Å². The van der Waals surface area contributed by atoms with E-state index < -0.39 is 0 Å². The topological polar surface area (TPSA) is 36.3 Å². The third-order valence-electron chi connectivity index (χ3n) is 5.10. The normalized spacial score (nSPS) is 19.2. The lowest BCUT2D eigenvalue weighted by atomic mass is 9.99. The van der Waals surface area contributed by atoms with Crippen LogP contribution in [0.3, 0.4) is 0 Å². The van der Waals surface area contributed by atoms with Gasteiger partial charge in [-0.25, -0.2) is 0 Å². The first kappa shape index (κ1) is 18.7. The van der Waals surface area contributed by atoms with E-state index in [-0.39, 0.29) is 12.1 Å². The summed E-state index contributed by atoms with van der Waals surface area (Å²) in [7, 11) is 4.17. The van der Waals surface area contributed by atoms with Crippen LogP contribution in [0.25, 0.3) is 5.69 Å². The Morgan fingerprint density at radius 3 is 2.57 bits per heavy atom. The van der Waals surface area contributed by atoms with Crippen molar-refractivity contribution in [3.8, 4) is 5.69 Å². The largest absolute Gasteiger partial charge is 0.352 e. The number of hydrogen-bond donors (Lipinski definition) is 1. The molecule has 0 aliphatic carbocycles. The van der Waals surface area contributed by atoms with Crippen LogP contribution in [0.4, 0.5) is 0 Å². The lowest BCUT2D eigenvalue weighted by Crippen LogP contribution is -2.35. The molecule has 0 amide bonds. The van der Waals surface area contributed by atoms with Gasteiger partial charge < -0.3 is 19.7 Å². The molecule has 0 spiro atoms. The van der Waals surface area contributed by atoms with Crippen LogP contribution in [0.15, 0.2) is 73.2 Å². The SMILES string of the molecule is CN(C)CCN1C(=S)N[C@H](c2ccccn2)[C@H]1c1ccn(-c2ccccc2)c1. The Kier molecular flexibility index (Phi) is 5.41. The zero-order valence-electron chi connectivity index (χ0n) is 16.2. The lowest BCUT2D eigenvalue weighted by molar-refractivity contribution is 0.278. The lowest BCUT2D eigenvalue weighted by Gasteiger charge is -2.28. The Morgan fingerprint density at radius 2 is 1.86 bits per heavy atom. The van der Waals surface area contributed by atoms with Gasteiger partial charge in [-0.05, 0) is 62.2 Å². The molecule has 3 heterocycles. The van der Waals surface area contributed by atoms with Crippen LogP contribution >= 0.6 is 12.2 Å². The second-order valence-electron chi connectivity index (χ2n) is 7.31. The van der Waals surface area contributed by atoms with Crippen LogP contribution in [0.1, 0.15) is 23.3 Å². The van der Waals surface area contributed by atoms with Crippen molar-refractivity contribution in [2.24, 2.45) is 0 Å². The summed E-state index contributed by atoms with van der Waals surface area (Å²) in [4.78, 5) is 9.07. The predicted molar refractivity (Wildman–Crippen MR) is 116 cm³/mol. The van der Waals surface area contributed by atoms with Crippen molar-refractivity contribution in [2.45, 2.75) is 12.1 Å². The zero-order chi connectivity index (χ0) is 19.5. The van der Waals surface area contributed by atoms with Crippen LogP contribution in [0.5, 0.6) is 0 Å². The van der Waals surface area contributed by atoms with Crippen molar-refractivity contribution in [1.82, 2.24) is 24.7 Å². The van der Waals surface area contributed by atoms with Crippen molar-refractivity contribution < 1.29 is 0 Å². The summed E-state index contributed by atoms with van der Waals surface area (Å²) >= 11 is 5.71. The Labute approximate surface area is 171 Å². The number of pyridine rings is 1. The van der Waals surface area contributed by atoms with E-state index >= 15 is 0 Å². The molecule has 144 valence electrons. The molecule has 1 fully saturated rings. The predicted octanol–water partition coefficient (Wildman–Crippen LogP) is 3.41. The fraction of sp³-hybridized carbons (Fsp3) is 0.273. The first-order chi connectivity index (χ1) is 13.6. The van der Waals surface area contributed by atoms with Gasteiger partial charge in [-0.2, -0.15) is 0 Å². The summed E-state index contributed by atoms with van der Waals surface area (Å²) in [6.45, 7) is 1.80. The second kappa shape index (κ2) is 8.12. The van der Waals surface area contributed by atoms with Gasteiger partial charge in [0, 0.05) is 37.4 Å². The van der Waals surface area contributed by atoms with E-state index in [2.05, 4.69) is 87.6 Å². The minimum absolute atomic E-state index is 0.0301. The van der Waals surface area contributed by atoms with Gasteiger partial charge in [0.1, 0.15) is 0 Å². The average Bonchev–Trinajstić information content (AvgIpc) is 3.32. The summed E-state index contributed by atoms with van der Waals surface area (Å²) in [6, 6.07) is 18.7. The molecule has 0 bridgehead atoms. The Balaban J connectivity index is 1.70. The Hall–Kier alpha value is -2.70. The number of para-hydroxylation sites is 1. The highest BCUT2D eigenvalue weighted by molar-refractivity contribution is 7.80. The van der Waals surface area contributed by atoms with Crippen LogP contribution in [0.2, 0.25) is 0 Å². The third kappa shape index (κ3) is 3.79. The summed E-state index contributed by atoms with van der Waals surface area (Å²) in [5.41, 5.74) is 3.39. The van der Waals surface area contributed by atoms with Crippen molar-refractivity contribution in [3.63, 3.8) is 0 Å². The highest BCUT2D eigenvalue weighted by atomic mass is 32.1. The molecule has 1 aromatic carbocycles. The first-order valence-electron chi connectivity index (χ1n) is 9.49. The van der Waals surface area contributed by atoms with Gasteiger partial charge in [0.25, 0.3) is 0 Å². The molecule has 6 heteroatoms. The van der Waals surface area contributed by atoms with E-state index in [9.17, 15) is 0 Å². The van der Waals surface area contributed by atoms with Gasteiger partial charge in [0.05, 0.1) is 17.8 Å². The molecule has 0 radical (unpaired) electrons. The average molecular weight is 392 g/mol. The fourth-order valence-corrected chi connectivity index (χ4v) is 4.00. The quantitative estimate of drug-likeness (QED) is 0.652. The molecule has 0 saturated carbocycles.